The number of carbonyl (C=O) groups is 2. The van der Waals surface area contributed by atoms with Gasteiger partial charge >= 0.3 is 5.00 Å². The molecular formula is C14H12N4O4S. The van der Waals surface area contributed by atoms with E-state index in [9.17, 15) is 19.7 Å². The number of para-hydroxylation sites is 1. The largest absolute Gasteiger partial charge is 0.345 e. The Bertz CT molecular complexity index is 761. The van der Waals surface area contributed by atoms with Crippen LogP contribution in [-0.2, 0) is 9.59 Å². The number of nitrogens with one attached hydrogen (secondary N) is 1. The lowest BCUT2D eigenvalue weighted by Crippen LogP contribution is -2.28. The zero-order chi connectivity index (χ0) is 16.4. The van der Waals surface area contributed by atoms with Crippen LogP contribution in [0.3, 0.4) is 0 Å². The van der Waals surface area contributed by atoms with E-state index in [-0.39, 0.29) is 34.9 Å². The molecule has 1 aromatic carbocycles. The van der Waals surface area contributed by atoms with Crippen LogP contribution in [0.5, 0.6) is 0 Å². The van der Waals surface area contributed by atoms with E-state index >= 15 is 0 Å². The maximum Gasteiger partial charge on any atom is 0.345 e. The summed E-state index contributed by atoms with van der Waals surface area (Å²) in [6.45, 7) is 0.280. The van der Waals surface area contributed by atoms with Crippen LogP contribution in [0.25, 0.3) is 0 Å². The molecule has 2 amide bonds. The second kappa shape index (κ2) is 6.13. The molecule has 1 atom stereocenters. The van der Waals surface area contributed by atoms with Crippen molar-refractivity contribution in [3.8, 4) is 0 Å². The Balaban J connectivity index is 1.67. The SMILES string of the molecule is O=C(Nc1ncc([N+](=O)[O-])s1)C1CC(=O)N(c2ccccc2)C1. The number of rotatable bonds is 4. The fourth-order valence-electron chi connectivity index (χ4n) is 2.36. The van der Waals surface area contributed by atoms with Crippen molar-refractivity contribution in [2.75, 3.05) is 16.8 Å². The molecule has 0 bridgehead atoms. The number of aromatic nitrogens is 1. The standard InChI is InChI=1S/C14H12N4O4S/c19-11-6-9(8-17(11)10-4-2-1-3-5-10)13(20)16-14-15-7-12(23-14)18(21)22/h1-5,7,9H,6,8H2,(H,15,16,20). The molecule has 0 aliphatic carbocycles. The molecule has 1 aliphatic heterocycles. The first kappa shape index (κ1) is 15.1. The van der Waals surface area contributed by atoms with E-state index in [1.54, 1.807) is 4.90 Å². The normalized spacial score (nSPS) is 17.3. The summed E-state index contributed by atoms with van der Waals surface area (Å²) in [6.07, 6.45) is 1.20. The number of nitrogens with zero attached hydrogens (tertiary/aromatic N) is 3. The zero-order valence-electron chi connectivity index (χ0n) is 11.8. The van der Waals surface area contributed by atoms with E-state index in [2.05, 4.69) is 10.3 Å². The summed E-state index contributed by atoms with van der Waals surface area (Å²) in [5.74, 6) is -0.992. The molecule has 1 aliphatic rings. The van der Waals surface area contributed by atoms with Crippen LogP contribution in [0.1, 0.15) is 6.42 Å². The summed E-state index contributed by atoms with van der Waals surface area (Å²) in [6, 6.07) is 9.11. The molecule has 1 unspecified atom stereocenters. The summed E-state index contributed by atoms with van der Waals surface area (Å²) < 4.78 is 0. The Morgan fingerprint density at radius 3 is 2.78 bits per heavy atom. The van der Waals surface area contributed by atoms with Gasteiger partial charge in [-0.1, -0.05) is 18.2 Å². The van der Waals surface area contributed by atoms with Crippen LogP contribution in [0.15, 0.2) is 36.5 Å². The van der Waals surface area contributed by atoms with Crippen LogP contribution < -0.4 is 10.2 Å². The molecule has 9 heteroatoms. The van der Waals surface area contributed by atoms with Crippen molar-refractivity contribution in [1.82, 2.24) is 4.98 Å². The number of hydrogen-bond acceptors (Lipinski definition) is 6. The van der Waals surface area contributed by atoms with Gasteiger partial charge in [0.25, 0.3) is 0 Å². The van der Waals surface area contributed by atoms with Crippen molar-refractivity contribution in [1.29, 1.82) is 0 Å². The maximum atomic E-state index is 12.2. The first-order valence-corrected chi connectivity index (χ1v) is 7.63. The summed E-state index contributed by atoms with van der Waals surface area (Å²) in [7, 11) is 0. The van der Waals surface area contributed by atoms with Crippen molar-refractivity contribution in [3.63, 3.8) is 0 Å². The van der Waals surface area contributed by atoms with Gasteiger partial charge in [-0.15, -0.1) is 0 Å². The van der Waals surface area contributed by atoms with E-state index in [0.29, 0.717) is 0 Å². The molecule has 1 aromatic heterocycles. The average Bonchev–Trinajstić information content (AvgIpc) is 3.15. The Morgan fingerprint density at radius 2 is 2.13 bits per heavy atom. The highest BCUT2D eigenvalue weighted by Crippen LogP contribution is 2.28. The molecule has 1 N–H and O–H groups in total. The number of hydrogen-bond donors (Lipinski definition) is 1. The third-order valence-corrected chi connectivity index (χ3v) is 4.33. The van der Waals surface area contributed by atoms with Gasteiger partial charge in [0.05, 0.1) is 10.8 Å². The van der Waals surface area contributed by atoms with E-state index in [1.165, 1.54) is 0 Å². The van der Waals surface area contributed by atoms with Gasteiger partial charge in [0.2, 0.25) is 11.8 Å². The van der Waals surface area contributed by atoms with Crippen molar-refractivity contribution < 1.29 is 14.5 Å². The lowest BCUT2D eigenvalue weighted by Gasteiger charge is -2.16. The molecule has 0 spiro atoms. The van der Waals surface area contributed by atoms with Crippen molar-refractivity contribution in [3.05, 3.63) is 46.6 Å². The minimum atomic E-state index is -0.566. The number of anilines is 2. The molecule has 2 aromatic rings. The highest BCUT2D eigenvalue weighted by Gasteiger charge is 2.35. The summed E-state index contributed by atoms with van der Waals surface area (Å²) in [5, 5.41) is 13.2. The number of amides is 2. The van der Waals surface area contributed by atoms with Gasteiger partial charge in [0, 0.05) is 18.7 Å². The monoisotopic (exact) mass is 332 g/mol. The smallest absolute Gasteiger partial charge is 0.312 e. The van der Waals surface area contributed by atoms with Gasteiger partial charge in [-0.05, 0) is 23.5 Å². The molecule has 1 fully saturated rings. The molecule has 8 nitrogen and oxygen atoms in total. The Kier molecular flexibility index (Phi) is 4.02. The van der Waals surface area contributed by atoms with Crippen molar-refractivity contribution in [2.45, 2.75) is 6.42 Å². The van der Waals surface area contributed by atoms with E-state index in [0.717, 1.165) is 23.2 Å². The Hall–Kier alpha value is -2.81. The minimum Gasteiger partial charge on any atom is -0.312 e. The first-order chi connectivity index (χ1) is 11.0. The molecule has 2 heterocycles. The van der Waals surface area contributed by atoms with Gasteiger partial charge < -0.3 is 10.2 Å². The minimum absolute atomic E-state index is 0.105. The van der Waals surface area contributed by atoms with Crippen LogP contribution in [0.2, 0.25) is 0 Å². The topological polar surface area (TPSA) is 105 Å². The van der Waals surface area contributed by atoms with Gasteiger partial charge in [-0.2, -0.15) is 0 Å². The first-order valence-electron chi connectivity index (χ1n) is 6.81. The third kappa shape index (κ3) is 3.19. The lowest BCUT2D eigenvalue weighted by molar-refractivity contribution is -0.380. The highest BCUT2D eigenvalue weighted by atomic mass is 32.1. The van der Waals surface area contributed by atoms with E-state index in [1.807, 2.05) is 30.3 Å². The lowest BCUT2D eigenvalue weighted by atomic mass is 10.1. The van der Waals surface area contributed by atoms with E-state index < -0.39 is 10.8 Å². The van der Waals surface area contributed by atoms with Gasteiger partial charge in [-0.3, -0.25) is 19.7 Å². The predicted octanol–water partition coefficient (Wildman–Crippen LogP) is 2.04. The van der Waals surface area contributed by atoms with Crippen LogP contribution in [0, 0.1) is 16.0 Å². The molecular weight excluding hydrogens is 320 g/mol. The molecule has 23 heavy (non-hydrogen) atoms. The van der Waals surface area contributed by atoms with Crippen LogP contribution in [0.4, 0.5) is 15.8 Å². The second-order valence-electron chi connectivity index (χ2n) is 4.99. The van der Waals surface area contributed by atoms with Gasteiger partial charge in [-0.25, -0.2) is 4.98 Å². The van der Waals surface area contributed by atoms with Gasteiger partial charge in [0.15, 0.2) is 5.13 Å². The number of thiazole rings is 1. The molecule has 3 rings (SSSR count). The summed E-state index contributed by atoms with van der Waals surface area (Å²) >= 11 is 0.785. The predicted molar refractivity (Wildman–Crippen MR) is 84.3 cm³/mol. The maximum absolute atomic E-state index is 12.2. The van der Waals surface area contributed by atoms with Gasteiger partial charge in [0.1, 0.15) is 6.20 Å². The number of benzene rings is 1. The van der Waals surface area contributed by atoms with E-state index in [4.69, 9.17) is 0 Å². The number of nitro groups is 1. The third-order valence-electron chi connectivity index (χ3n) is 3.47. The summed E-state index contributed by atoms with van der Waals surface area (Å²) in [5.41, 5.74) is 0.748. The molecule has 1 saturated heterocycles. The second-order valence-corrected chi connectivity index (χ2v) is 6.00. The Labute approximate surface area is 134 Å². The molecule has 0 radical (unpaired) electrons. The van der Waals surface area contributed by atoms with Crippen LogP contribution in [-0.4, -0.2) is 28.3 Å². The Morgan fingerprint density at radius 1 is 1.39 bits per heavy atom. The fraction of sp³-hybridized carbons (Fsp3) is 0.214. The quantitative estimate of drug-likeness (QED) is 0.681. The van der Waals surface area contributed by atoms with Crippen LogP contribution >= 0.6 is 11.3 Å². The average molecular weight is 332 g/mol. The summed E-state index contributed by atoms with van der Waals surface area (Å²) in [4.78, 5) is 39.7. The highest BCUT2D eigenvalue weighted by molar-refractivity contribution is 7.18. The fourth-order valence-corrected chi connectivity index (χ4v) is 2.99. The molecule has 118 valence electrons. The van der Waals surface area contributed by atoms with Crippen molar-refractivity contribution in [2.24, 2.45) is 5.92 Å². The molecule has 0 saturated carbocycles. The zero-order valence-corrected chi connectivity index (χ0v) is 12.7. The number of carbonyl (C=O) groups excluding carboxylic acids is 2. The van der Waals surface area contributed by atoms with Crippen molar-refractivity contribution >= 4 is 39.0 Å².